The van der Waals surface area contributed by atoms with Gasteiger partial charge in [0, 0.05) is 16.4 Å². The van der Waals surface area contributed by atoms with Gasteiger partial charge in [0.2, 0.25) is 5.91 Å². The van der Waals surface area contributed by atoms with Crippen LogP contribution in [0.4, 0.5) is 11.4 Å². The number of carbonyl (C=O) groups is 1. The molecule has 2 aromatic rings. The second-order valence-corrected chi connectivity index (χ2v) is 7.06. The van der Waals surface area contributed by atoms with E-state index in [2.05, 4.69) is 17.6 Å². The van der Waals surface area contributed by atoms with Crippen LogP contribution < -0.4 is 15.4 Å². The van der Waals surface area contributed by atoms with Crippen LogP contribution in [-0.4, -0.2) is 19.1 Å². The number of hydrogen-bond acceptors (Lipinski definition) is 3. The minimum absolute atomic E-state index is 0.123. The van der Waals surface area contributed by atoms with Crippen molar-refractivity contribution in [2.24, 2.45) is 0 Å². The number of benzene rings is 2. The number of amides is 1. The third kappa shape index (κ3) is 7.92. The number of halogens is 1. The summed E-state index contributed by atoms with van der Waals surface area (Å²) in [6.45, 7) is 5.07. The lowest BCUT2D eigenvalue weighted by molar-refractivity contribution is -0.114. The molecule has 0 spiro atoms. The Hall–Kier alpha value is -2.20. The zero-order valence-corrected chi connectivity index (χ0v) is 16.9. The van der Waals surface area contributed by atoms with E-state index in [9.17, 15) is 4.79 Å². The summed E-state index contributed by atoms with van der Waals surface area (Å²) in [5.41, 5.74) is 2.55. The summed E-state index contributed by atoms with van der Waals surface area (Å²) in [6.07, 6.45) is 6.13. The van der Waals surface area contributed by atoms with Crippen molar-refractivity contribution in [3.63, 3.8) is 0 Å². The van der Waals surface area contributed by atoms with Crippen LogP contribution in [0.2, 0.25) is 5.02 Å². The first kappa shape index (κ1) is 21.1. The van der Waals surface area contributed by atoms with Crippen molar-refractivity contribution in [1.29, 1.82) is 0 Å². The molecule has 146 valence electrons. The molecule has 0 atom stereocenters. The third-order valence-corrected chi connectivity index (χ3v) is 4.69. The van der Waals surface area contributed by atoms with Crippen LogP contribution in [0.3, 0.4) is 0 Å². The zero-order chi connectivity index (χ0) is 19.5. The molecule has 2 N–H and O–H groups in total. The van der Waals surface area contributed by atoms with Gasteiger partial charge in [0.05, 0.1) is 13.2 Å². The number of anilines is 2. The normalized spacial score (nSPS) is 10.5. The minimum atomic E-state index is -0.123. The summed E-state index contributed by atoms with van der Waals surface area (Å²) in [5.74, 6) is 0.733. The maximum Gasteiger partial charge on any atom is 0.243 e. The standard InChI is InChI=1S/C22H29ClN2O2/c1-3-4-5-6-7-14-27-20-12-10-18(11-13-20)24-16-22(26)25-19-9-8-17(2)21(23)15-19/h8-13,15,24H,3-7,14,16H2,1-2H3,(H,25,26). The number of aryl methyl sites for hydroxylation is 1. The molecule has 2 rings (SSSR count). The van der Waals surface area contributed by atoms with Gasteiger partial charge in [-0.3, -0.25) is 4.79 Å². The molecular weight excluding hydrogens is 360 g/mol. The molecule has 2 aromatic carbocycles. The molecule has 0 unspecified atom stereocenters. The van der Waals surface area contributed by atoms with Gasteiger partial charge in [-0.05, 0) is 55.3 Å². The number of nitrogens with one attached hydrogen (secondary N) is 2. The molecule has 0 bridgehead atoms. The topological polar surface area (TPSA) is 50.4 Å². The average Bonchev–Trinajstić information content (AvgIpc) is 2.67. The first-order valence-corrected chi connectivity index (χ1v) is 9.99. The van der Waals surface area contributed by atoms with Gasteiger partial charge in [-0.25, -0.2) is 0 Å². The van der Waals surface area contributed by atoms with Gasteiger partial charge in [-0.2, -0.15) is 0 Å². The molecule has 1 amide bonds. The Labute approximate surface area is 167 Å². The fraction of sp³-hybridized carbons (Fsp3) is 0.409. The highest BCUT2D eigenvalue weighted by Crippen LogP contribution is 2.20. The molecule has 27 heavy (non-hydrogen) atoms. The average molecular weight is 389 g/mol. The van der Waals surface area contributed by atoms with Crippen LogP contribution in [0.15, 0.2) is 42.5 Å². The van der Waals surface area contributed by atoms with Crippen molar-refractivity contribution >= 4 is 28.9 Å². The van der Waals surface area contributed by atoms with Gasteiger partial charge in [-0.1, -0.05) is 50.3 Å². The molecule has 5 heteroatoms. The summed E-state index contributed by atoms with van der Waals surface area (Å²) in [5, 5.41) is 6.58. The van der Waals surface area contributed by atoms with E-state index in [0.717, 1.165) is 30.0 Å². The van der Waals surface area contributed by atoms with Crippen molar-refractivity contribution in [2.45, 2.75) is 46.0 Å². The number of unbranched alkanes of at least 4 members (excludes halogenated alkanes) is 4. The smallest absolute Gasteiger partial charge is 0.243 e. The largest absolute Gasteiger partial charge is 0.494 e. The van der Waals surface area contributed by atoms with Crippen LogP contribution in [0.5, 0.6) is 5.75 Å². The van der Waals surface area contributed by atoms with Gasteiger partial charge in [0.25, 0.3) is 0 Å². The molecule has 0 aliphatic rings. The molecule has 0 fully saturated rings. The Balaban J connectivity index is 1.69. The van der Waals surface area contributed by atoms with Crippen LogP contribution >= 0.6 is 11.6 Å². The molecule has 4 nitrogen and oxygen atoms in total. The zero-order valence-electron chi connectivity index (χ0n) is 16.2. The van der Waals surface area contributed by atoms with E-state index in [1.54, 1.807) is 6.07 Å². The van der Waals surface area contributed by atoms with Gasteiger partial charge in [0.1, 0.15) is 5.75 Å². The number of ether oxygens (including phenoxy) is 1. The number of rotatable bonds is 11. The van der Waals surface area contributed by atoms with Crippen molar-refractivity contribution in [1.82, 2.24) is 0 Å². The Morgan fingerprint density at radius 2 is 1.70 bits per heavy atom. The molecule has 0 saturated heterocycles. The van der Waals surface area contributed by atoms with E-state index in [-0.39, 0.29) is 12.5 Å². The molecule has 0 aliphatic carbocycles. The Bertz CT molecular complexity index is 717. The summed E-state index contributed by atoms with van der Waals surface area (Å²) in [6, 6.07) is 13.2. The lowest BCUT2D eigenvalue weighted by Crippen LogP contribution is -2.21. The Morgan fingerprint density at radius 1 is 1.00 bits per heavy atom. The Kier molecular flexibility index (Phi) is 8.99. The van der Waals surface area contributed by atoms with Crippen molar-refractivity contribution < 1.29 is 9.53 Å². The second-order valence-electron chi connectivity index (χ2n) is 6.65. The lowest BCUT2D eigenvalue weighted by atomic mass is 10.2. The highest BCUT2D eigenvalue weighted by atomic mass is 35.5. The quantitative estimate of drug-likeness (QED) is 0.461. The van der Waals surface area contributed by atoms with E-state index in [4.69, 9.17) is 16.3 Å². The van der Waals surface area contributed by atoms with Crippen LogP contribution in [0.1, 0.15) is 44.6 Å². The van der Waals surface area contributed by atoms with Gasteiger partial charge in [-0.15, -0.1) is 0 Å². The maximum absolute atomic E-state index is 12.1. The fourth-order valence-electron chi connectivity index (χ4n) is 2.62. The Morgan fingerprint density at radius 3 is 2.41 bits per heavy atom. The molecule has 0 aromatic heterocycles. The number of hydrogen-bond donors (Lipinski definition) is 2. The minimum Gasteiger partial charge on any atom is -0.494 e. The van der Waals surface area contributed by atoms with E-state index in [0.29, 0.717) is 10.7 Å². The van der Waals surface area contributed by atoms with Crippen molar-refractivity contribution in [2.75, 3.05) is 23.8 Å². The molecule has 0 radical (unpaired) electrons. The van der Waals surface area contributed by atoms with E-state index >= 15 is 0 Å². The lowest BCUT2D eigenvalue weighted by Gasteiger charge is -2.10. The maximum atomic E-state index is 12.1. The highest BCUT2D eigenvalue weighted by molar-refractivity contribution is 6.31. The van der Waals surface area contributed by atoms with Crippen molar-refractivity contribution in [3.05, 3.63) is 53.1 Å². The summed E-state index contributed by atoms with van der Waals surface area (Å²) >= 11 is 6.07. The number of carbonyl (C=O) groups excluding carboxylic acids is 1. The highest BCUT2D eigenvalue weighted by Gasteiger charge is 2.04. The summed E-state index contributed by atoms with van der Waals surface area (Å²) < 4.78 is 5.75. The van der Waals surface area contributed by atoms with Gasteiger partial charge < -0.3 is 15.4 Å². The monoisotopic (exact) mass is 388 g/mol. The second kappa shape index (κ2) is 11.5. The van der Waals surface area contributed by atoms with Crippen LogP contribution in [0, 0.1) is 6.92 Å². The van der Waals surface area contributed by atoms with Crippen molar-refractivity contribution in [3.8, 4) is 5.75 Å². The third-order valence-electron chi connectivity index (χ3n) is 4.28. The molecular formula is C22H29ClN2O2. The van der Waals surface area contributed by atoms with Gasteiger partial charge in [0.15, 0.2) is 0 Å². The van der Waals surface area contributed by atoms with E-state index in [1.165, 1.54) is 25.7 Å². The molecule has 0 heterocycles. The summed E-state index contributed by atoms with van der Waals surface area (Å²) in [7, 11) is 0. The summed E-state index contributed by atoms with van der Waals surface area (Å²) in [4.78, 5) is 12.1. The van der Waals surface area contributed by atoms with Crippen LogP contribution in [0.25, 0.3) is 0 Å². The van der Waals surface area contributed by atoms with Crippen LogP contribution in [-0.2, 0) is 4.79 Å². The van der Waals surface area contributed by atoms with E-state index < -0.39 is 0 Å². The van der Waals surface area contributed by atoms with E-state index in [1.807, 2.05) is 43.3 Å². The SMILES string of the molecule is CCCCCCCOc1ccc(NCC(=O)Nc2ccc(C)c(Cl)c2)cc1. The molecule has 0 aliphatic heterocycles. The predicted molar refractivity (Wildman–Crippen MR) is 114 cm³/mol. The van der Waals surface area contributed by atoms with Gasteiger partial charge >= 0.3 is 0 Å². The first-order valence-electron chi connectivity index (χ1n) is 9.61. The fourth-order valence-corrected chi connectivity index (χ4v) is 2.80. The predicted octanol–water partition coefficient (Wildman–Crippen LogP) is 6.05. The molecule has 0 saturated carbocycles. The first-order chi connectivity index (χ1) is 13.1.